The molecule has 0 spiro atoms. The van der Waals surface area contributed by atoms with E-state index < -0.39 is 10.0 Å². The van der Waals surface area contributed by atoms with E-state index in [-0.39, 0.29) is 15.9 Å². The van der Waals surface area contributed by atoms with Crippen LogP contribution in [0.3, 0.4) is 0 Å². The standard InChI is InChI=1S/C19H25N3O3S2/c1-12-5-7-16(8-6-12)27(24,25)21-19-20-15(4)17(26-19)18(23)22-10-13(2)9-14(3)11-22/h5-8,13-14H,9-11H2,1-4H3,(H,20,21). The van der Waals surface area contributed by atoms with Crippen LogP contribution in [0.25, 0.3) is 0 Å². The monoisotopic (exact) mass is 407 g/mol. The first-order valence-electron chi connectivity index (χ1n) is 9.02. The van der Waals surface area contributed by atoms with Crippen molar-refractivity contribution in [1.29, 1.82) is 0 Å². The molecule has 2 atom stereocenters. The number of nitrogens with zero attached hydrogens (tertiary/aromatic N) is 2. The van der Waals surface area contributed by atoms with Crippen molar-refractivity contribution in [1.82, 2.24) is 9.88 Å². The highest BCUT2D eigenvalue weighted by Crippen LogP contribution is 2.29. The minimum absolute atomic E-state index is 0.0656. The van der Waals surface area contributed by atoms with Gasteiger partial charge in [-0.05, 0) is 44.2 Å². The number of rotatable bonds is 4. The van der Waals surface area contributed by atoms with Crippen molar-refractivity contribution < 1.29 is 13.2 Å². The molecule has 1 amide bonds. The number of piperidine rings is 1. The van der Waals surface area contributed by atoms with Crippen molar-refractivity contribution in [2.75, 3.05) is 17.8 Å². The van der Waals surface area contributed by atoms with E-state index >= 15 is 0 Å². The van der Waals surface area contributed by atoms with E-state index in [2.05, 4.69) is 23.6 Å². The molecule has 2 unspecified atom stereocenters. The van der Waals surface area contributed by atoms with Gasteiger partial charge in [-0.1, -0.05) is 42.9 Å². The second-order valence-electron chi connectivity index (χ2n) is 7.51. The third kappa shape index (κ3) is 4.50. The molecule has 1 fully saturated rings. The van der Waals surface area contributed by atoms with Crippen LogP contribution in [0.15, 0.2) is 29.2 Å². The molecule has 0 aliphatic carbocycles. The molecule has 2 aromatic rings. The molecule has 2 heterocycles. The van der Waals surface area contributed by atoms with Crippen molar-refractivity contribution >= 4 is 32.4 Å². The second-order valence-corrected chi connectivity index (χ2v) is 10.2. The lowest BCUT2D eigenvalue weighted by Gasteiger charge is -2.34. The Morgan fingerprint density at radius 2 is 1.74 bits per heavy atom. The molecule has 8 heteroatoms. The highest BCUT2D eigenvalue weighted by molar-refractivity contribution is 7.93. The van der Waals surface area contributed by atoms with Crippen molar-refractivity contribution in [2.45, 2.75) is 39.0 Å². The third-order valence-corrected chi connectivity index (χ3v) is 7.24. The molecule has 1 saturated heterocycles. The van der Waals surface area contributed by atoms with Crippen molar-refractivity contribution in [3.63, 3.8) is 0 Å². The Labute approximate surface area is 164 Å². The summed E-state index contributed by atoms with van der Waals surface area (Å²) in [5.41, 5.74) is 1.54. The van der Waals surface area contributed by atoms with E-state index in [1.807, 2.05) is 11.8 Å². The molecule has 6 nitrogen and oxygen atoms in total. The van der Waals surface area contributed by atoms with E-state index in [0.29, 0.717) is 22.4 Å². The highest BCUT2D eigenvalue weighted by atomic mass is 32.2. The zero-order valence-electron chi connectivity index (χ0n) is 16.0. The normalized spacial score (nSPS) is 20.5. The number of nitrogens with one attached hydrogen (secondary N) is 1. The average molecular weight is 408 g/mol. The number of sulfonamides is 1. The fourth-order valence-electron chi connectivity index (χ4n) is 3.50. The first-order valence-corrected chi connectivity index (χ1v) is 11.3. The van der Waals surface area contributed by atoms with Gasteiger partial charge in [0.2, 0.25) is 0 Å². The van der Waals surface area contributed by atoms with Crippen molar-refractivity contribution in [2.24, 2.45) is 11.8 Å². The maximum Gasteiger partial charge on any atom is 0.265 e. The molecule has 1 aliphatic rings. The Bertz CT molecular complexity index is 926. The second kappa shape index (κ2) is 7.59. The number of likely N-dealkylation sites (tertiary alicyclic amines) is 1. The number of benzene rings is 1. The van der Waals surface area contributed by atoms with Gasteiger partial charge in [-0.15, -0.1) is 0 Å². The number of amides is 1. The molecular weight excluding hydrogens is 382 g/mol. The summed E-state index contributed by atoms with van der Waals surface area (Å²) in [4.78, 5) is 19.7. The minimum Gasteiger partial charge on any atom is -0.337 e. The number of thiazole rings is 1. The fourth-order valence-corrected chi connectivity index (χ4v) is 5.67. The summed E-state index contributed by atoms with van der Waals surface area (Å²) in [5, 5.41) is 0.217. The Hall–Kier alpha value is -1.93. The van der Waals surface area contributed by atoms with E-state index in [4.69, 9.17) is 0 Å². The molecule has 3 rings (SSSR count). The number of hydrogen-bond acceptors (Lipinski definition) is 5. The van der Waals surface area contributed by atoms with Crippen molar-refractivity contribution in [3.8, 4) is 0 Å². The average Bonchev–Trinajstić information content (AvgIpc) is 2.93. The summed E-state index contributed by atoms with van der Waals surface area (Å²) in [5.74, 6) is 0.861. The Morgan fingerprint density at radius 1 is 1.15 bits per heavy atom. The zero-order chi connectivity index (χ0) is 19.8. The molecule has 27 heavy (non-hydrogen) atoms. The molecule has 1 aromatic heterocycles. The first-order chi connectivity index (χ1) is 12.7. The van der Waals surface area contributed by atoms with Gasteiger partial charge in [0.15, 0.2) is 5.13 Å². The topological polar surface area (TPSA) is 79.4 Å². The van der Waals surface area contributed by atoms with Gasteiger partial charge in [-0.2, -0.15) is 0 Å². The van der Waals surface area contributed by atoms with Gasteiger partial charge in [-0.3, -0.25) is 9.52 Å². The molecule has 0 bridgehead atoms. The molecular formula is C19H25N3O3S2. The van der Waals surface area contributed by atoms with E-state index in [1.54, 1.807) is 31.2 Å². The Morgan fingerprint density at radius 3 is 2.33 bits per heavy atom. The first kappa shape index (κ1) is 19.8. The molecule has 1 aromatic carbocycles. The van der Waals surface area contributed by atoms with Crippen LogP contribution in [-0.4, -0.2) is 37.3 Å². The summed E-state index contributed by atoms with van der Waals surface area (Å²) in [7, 11) is -3.73. The highest BCUT2D eigenvalue weighted by Gasteiger charge is 2.29. The van der Waals surface area contributed by atoms with Crippen LogP contribution in [0.5, 0.6) is 0 Å². The number of aryl methyl sites for hydroxylation is 2. The number of hydrogen-bond donors (Lipinski definition) is 1. The summed E-state index contributed by atoms with van der Waals surface area (Å²) in [6.07, 6.45) is 1.12. The summed E-state index contributed by atoms with van der Waals surface area (Å²) in [6, 6.07) is 6.60. The van der Waals surface area contributed by atoms with Crippen LogP contribution in [0.4, 0.5) is 5.13 Å². The summed E-state index contributed by atoms with van der Waals surface area (Å²) >= 11 is 1.10. The Kier molecular flexibility index (Phi) is 5.58. The largest absolute Gasteiger partial charge is 0.337 e. The lowest BCUT2D eigenvalue weighted by molar-refractivity contribution is 0.0627. The molecule has 1 N–H and O–H groups in total. The predicted octanol–water partition coefficient (Wildman–Crippen LogP) is 3.68. The number of carbonyl (C=O) groups is 1. The lowest BCUT2D eigenvalue weighted by atomic mass is 9.92. The van der Waals surface area contributed by atoms with Crippen LogP contribution in [-0.2, 0) is 10.0 Å². The van der Waals surface area contributed by atoms with Gasteiger partial charge >= 0.3 is 0 Å². The third-order valence-electron chi connectivity index (χ3n) is 4.70. The van der Waals surface area contributed by atoms with Gasteiger partial charge < -0.3 is 4.90 Å². The van der Waals surface area contributed by atoms with Gasteiger partial charge in [0.1, 0.15) is 4.88 Å². The quantitative estimate of drug-likeness (QED) is 0.838. The fraction of sp³-hybridized carbons (Fsp3) is 0.474. The van der Waals surface area contributed by atoms with Crippen LogP contribution in [0, 0.1) is 25.7 Å². The van der Waals surface area contributed by atoms with E-state index in [9.17, 15) is 13.2 Å². The molecule has 0 radical (unpaired) electrons. The Balaban J connectivity index is 1.80. The van der Waals surface area contributed by atoms with Crippen LogP contribution in [0.1, 0.15) is 41.2 Å². The molecule has 0 saturated carbocycles. The van der Waals surface area contributed by atoms with Gasteiger partial charge in [0.05, 0.1) is 10.6 Å². The molecule has 1 aliphatic heterocycles. The maximum absolute atomic E-state index is 12.9. The van der Waals surface area contributed by atoms with E-state index in [1.165, 1.54) is 0 Å². The number of carbonyl (C=O) groups excluding carboxylic acids is 1. The molecule has 146 valence electrons. The van der Waals surface area contributed by atoms with Gasteiger partial charge in [0, 0.05) is 13.1 Å². The van der Waals surface area contributed by atoms with Crippen LogP contribution < -0.4 is 4.72 Å². The number of aromatic nitrogens is 1. The smallest absolute Gasteiger partial charge is 0.265 e. The minimum atomic E-state index is -3.73. The maximum atomic E-state index is 12.9. The SMILES string of the molecule is Cc1ccc(S(=O)(=O)Nc2nc(C)c(C(=O)N3CC(C)CC(C)C3)s2)cc1. The predicted molar refractivity (Wildman–Crippen MR) is 108 cm³/mol. The van der Waals surface area contributed by atoms with Gasteiger partial charge in [0.25, 0.3) is 15.9 Å². The van der Waals surface area contributed by atoms with Crippen LogP contribution in [0.2, 0.25) is 0 Å². The van der Waals surface area contributed by atoms with Gasteiger partial charge in [-0.25, -0.2) is 13.4 Å². The number of anilines is 1. The zero-order valence-corrected chi connectivity index (χ0v) is 17.7. The summed E-state index contributed by atoms with van der Waals surface area (Å²) < 4.78 is 27.6. The summed E-state index contributed by atoms with van der Waals surface area (Å²) in [6.45, 7) is 9.39. The van der Waals surface area contributed by atoms with Crippen molar-refractivity contribution in [3.05, 3.63) is 40.4 Å². The van der Waals surface area contributed by atoms with E-state index in [0.717, 1.165) is 36.4 Å². The lowest BCUT2D eigenvalue weighted by Crippen LogP contribution is -2.42. The van der Waals surface area contributed by atoms with Crippen LogP contribution >= 0.6 is 11.3 Å².